The van der Waals surface area contributed by atoms with Crippen molar-refractivity contribution in [3.63, 3.8) is 0 Å². The minimum atomic E-state index is -0.571. The Morgan fingerprint density at radius 3 is 2.64 bits per heavy atom. The van der Waals surface area contributed by atoms with Crippen LogP contribution in [0.25, 0.3) is 0 Å². The Kier molecular flexibility index (Phi) is 12.7. The van der Waals surface area contributed by atoms with Crippen LogP contribution < -0.4 is 29.6 Å². The molecule has 0 aliphatic carbocycles. The molecule has 0 atom stereocenters. The molecule has 0 amide bonds. The number of nitriles is 2. The van der Waals surface area contributed by atoms with Crippen LogP contribution >= 0.6 is 23.8 Å². The number of rotatable bonds is 3. The summed E-state index contributed by atoms with van der Waals surface area (Å²) in [6.07, 6.45) is 0. The molecule has 4 nitrogen and oxygen atoms in total. The maximum Gasteiger partial charge on any atom is 1.00 e. The molecule has 54 valence electrons. The summed E-state index contributed by atoms with van der Waals surface area (Å²) in [4.78, 5) is 10.4. The van der Waals surface area contributed by atoms with E-state index in [0.29, 0.717) is 12.0 Å². The van der Waals surface area contributed by atoms with Crippen LogP contribution in [0.1, 0.15) is 1.43 Å². The van der Waals surface area contributed by atoms with Gasteiger partial charge in [-0.3, -0.25) is 4.79 Å². The first-order valence-electron chi connectivity index (χ1n) is 2.07. The van der Waals surface area contributed by atoms with E-state index in [0.717, 1.165) is 11.8 Å². The second-order valence-corrected chi connectivity index (χ2v) is 2.29. The molecule has 0 aromatic rings. The fraction of sp³-hybridized carbons (Fsp3) is 0.250. The Morgan fingerprint density at radius 1 is 1.55 bits per heavy atom. The SMILES string of the molecule is N#CSCC(=O)OSC#N.[H-].[Na+]. The van der Waals surface area contributed by atoms with Crippen LogP contribution in [0.5, 0.6) is 0 Å². The monoisotopic (exact) mass is 198 g/mol. The van der Waals surface area contributed by atoms with Crippen molar-refractivity contribution in [2.24, 2.45) is 0 Å². The van der Waals surface area contributed by atoms with E-state index in [9.17, 15) is 4.79 Å². The molecule has 11 heavy (non-hydrogen) atoms. The van der Waals surface area contributed by atoms with E-state index in [2.05, 4.69) is 4.18 Å². The average molecular weight is 198 g/mol. The fourth-order valence-corrected chi connectivity index (χ4v) is 0.685. The second-order valence-electron chi connectivity index (χ2n) is 1.01. The molecular weight excluding hydrogens is 195 g/mol. The third-order valence-corrected chi connectivity index (χ3v) is 1.28. The third kappa shape index (κ3) is 10.2. The number of carbonyl (C=O) groups excluding carboxylic acids is 1. The molecule has 0 aliphatic rings. The van der Waals surface area contributed by atoms with Crippen LogP contribution in [0.4, 0.5) is 0 Å². The van der Waals surface area contributed by atoms with Gasteiger partial charge in [0.2, 0.25) is 0 Å². The van der Waals surface area contributed by atoms with Gasteiger partial charge in [-0.1, -0.05) is 0 Å². The molecule has 0 aromatic heterocycles. The Hall–Kier alpha value is 0.150. The summed E-state index contributed by atoms with van der Waals surface area (Å²) in [5.74, 6) is -0.608. The normalized spacial score (nSPS) is 6.73. The Balaban J connectivity index is -0.000000405. The van der Waals surface area contributed by atoms with Crippen LogP contribution in [0.15, 0.2) is 0 Å². The minimum Gasteiger partial charge on any atom is -1.00 e. The van der Waals surface area contributed by atoms with Gasteiger partial charge in [0.15, 0.2) is 17.4 Å². The maximum absolute atomic E-state index is 10.4. The molecule has 0 bridgehead atoms. The van der Waals surface area contributed by atoms with Crippen molar-refractivity contribution in [3.05, 3.63) is 0 Å². The van der Waals surface area contributed by atoms with Crippen LogP contribution in [-0.4, -0.2) is 11.7 Å². The van der Waals surface area contributed by atoms with Gasteiger partial charge in [-0.2, -0.15) is 10.5 Å². The van der Waals surface area contributed by atoms with Crippen molar-refractivity contribution in [1.29, 1.82) is 10.5 Å². The van der Waals surface area contributed by atoms with Crippen LogP contribution in [-0.2, 0) is 8.98 Å². The first kappa shape index (κ1) is 13.7. The Morgan fingerprint density at radius 2 is 2.18 bits per heavy atom. The molecule has 7 heteroatoms. The van der Waals surface area contributed by atoms with Crippen molar-refractivity contribution in [2.45, 2.75) is 0 Å². The molecule has 0 saturated carbocycles. The zero-order chi connectivity index (χ0) is 7.82. The van der Waals surface area contributed by atoms with E-state index in [1.807, 2.05) is 0 Å². The summed E-state index contributed by atoms with van der Waals surface area (Å²) in [6, 6.07) is 0. The van der Waals surface area contributed by atoms with E-state index in [-0.39, 0.29) is 36.7 Å². The van der Waals surface area contributed by atoms with Crippen molar-refractivity contribution < 1.29 is 40.0 Å². The zero-order valence-electron chi connectivity index (χ0n) is 6.73. The summed E-state index contributed by atoms with van der Waals surface area (Å²) < 4.78 is 4.24. The van der Waals surface area contributed by atoms with Gasteiger partial charge < -0.3 is 5.61 Å². The third-order valence-electron chi connectivity index (χ3n) is 0.426. The van der Waals surface area contributed by atoms with Gasteiger partial charge in [-0.25, -0.2) is 0 Å². The first-order chi connectivity index (χ1) is 4.81. The predicted molar refractivity (Wildman–Crippen MR) is 38.5 cm³/mol. The van der Waals surface area contributed by atoms with Crippen molar-refractivity contribution in [2.75, 3.05) is 5.75 Å². The Bertz CT molecular complexity index is 182. The molecule has 0 spiro atoms. The summed E-state index contributed by atoms with van der Waals surface area (Å²) in [5.41, 5.74) is 0. The number of carbonyl (C=O) groups is 1. The van der Waals surface area contributed by atoms with Gasteiger partial charge in [-0.15, -0.1) is 0 Å². The molecule has 0 unspecified atom stereocenters. The number of nitrogens with zero attached hydrogens (tertiary/aromatic N) is 2. The molecule has 0 aliphatic heterocycles. The van der Waals surface area contributed by atoms with E-state index >= 15 is 0 Å². The van der Waals surface area contributed by atoms with Gasteiger partial charge in [0.05, 0.1) is 0 Å². The smallest absolute Gasteiger partial charge is 1.00 e. The summed E-state index contributed by atoms with van der Waals surface area (Å²) >= 11 is 1.17. The van der Waals surface area contributed by atoms with E-state index in [1.54, 1.807) is 10.8 Å². The molecule has 0 rings (SSSR count). The van der Waals surface area contributed by atoms with Crippen molar-refractivity contribution >= 4 is 29.8 Å². The number of thiocyanates is 2. The molecular formula is C4H3N2NaO2S2. The van der Waals surface area contributed by atoms with E-state index in [4.69, 9.17) is 10.5 Å². The van der Waals surface area contributed by atoms with Gasteiger partial charge in [-0.05, 0) is 11.8 Å². The summed E-state index contributed by atoms with van der Waals surface area (Å²) in [7, 11) is 0. The number of thioether (sulfide) groups is 1. The molecule has 0 saturated heterocycles. The molecule has 0 fully saturated rings. The largest absolute Gasteiger partial charge is 1.00 e. The van der Waals surface area contributed by atoms with Crippen LogP contribution in [0.3, 0.4) is 0 Å². The summed E-state index contributed by atoms with van der Waals surface area (Å²) in [6.45, 7) is 0. The average Bonchev–Trinajstić information content (AvgIpc) is 1.97. The van der Waals surface area contributed by atoms with Gasteiger partial charge >= 0.3 is 35.5 Å². The number of hydrogen-bond acceptors (Lipinski definition) is 6. The first-order valence-corrected chi connectivity index (χ1v) is 3.80. The number of hydrogen-bond donors (Lipinski definition) is 0. The Labute approximate surface area is 96.2 Å². The molecule has 0 N–H and O–H groups in total. The topological polar surface area (TPSA) is 73.9 Å². The van der Waals surface area contributed by atoms with Gasteiger partial charge in [0.25, 0.3) is 0 Å². The predicted octanol–water partition coefficient (Wildman–Crippen LogP) is -2.01. The van der Waals surface area contributed by atoms with E-state index in [1.165, 1.54) is 0 Å². The quantitative estimate of drug-likeness (QED) is 0.296. The fourth-order valence-electron chi connectivity index (χ4n) is 0.180. The zero-order valence-corrected chi connectivity index (χ0v) is 9.37. The molecule has 0 radical (unpaired) electrons. The standard InChI is InChI=1S/C4H2N2O2S2.Na.H/c5-2-9-1-4(7)8-10-3-6;;/h1H2;;/q;+1;-1. The molecule has 0 aromatic carbocycles. The molecule has 0 heterocycles. The van der Waals surface area contributed by atoms with E-state index < -0.39 is 5.97 Å². The summed E-state index contributed by atoms with van der Waals surface area (Å²) in [5, 5.41) is 19.1. The van der Waals surface area contributed by atoms with Gasteiger partial charge in [0.1, 0.15) is 11.2 Å². The van der Waals surface area contributed by atoms with Crippen LogP contribution in [0.2, 0.25) is 0 Å². The van der Waals surface area contributed by atoms with Crippen molar-refractivity contribution in [3.8, 4) is 10.8 Å². The van der Waals surface area contributed by atoms with Crippen molar-refractivity contribution in [1.82, 2.24) is 0 Å². The van der Waals surface area contributed by atoms with Crippen LogP contribution in [0, 0.1) is 21.3 Å². The second kappa shape index (κ2) is 10.2. The van der Waals surface area contributed by atoms with Gasteiger partial charge in [0, 0.05) is 0 Å². The maximum atomic E-state index is 10.4. The minimum absolute atomic E-state index is 0.